The largest absolute Gasteiger partial charge is 0.468 e. The molecule has 0 saturated carbocycles. The third-order valence-electron chi connectivity index (χ3n) is 5.00. The van der Waals surface area contributed by atoms with Gasteiger partial charge in [0.2, 0.25) is 0 Å². The van der Waals surface area contributed by atoms with Crippen LogP contribution >= 0.6 is 0 Å². The van der Waals surface area contributed by atoms with E-state index in [0.717, 1.165) is 31.4 Å². The van der Waals surface area contributed by atoms with Gasteiger partial charge < -0.3 is 19.8 Å². The van der Waals surface area contributed by atoms with E-state index >= 15 is 0 Å². The second-order valence-corrected chi connectivity index (χ2v) is 6.78. The van der Waals surface area contributed by atoms with E-state index in [1.54, 1.807) is 20.4 Å². The lowest BCUT2D eigenvalue weighted by Crippen LogP contribution is -2.42. The van der Waals surface area contributed by atoms with Gasteiger partial charge in [-0.05, 0) is 49.2 Å². The Morgan fingerprint density at radius 3 is 2.59 bits per heavy atom. The molecule has 0 amide bonds. The van der Waals surface area contributed by atoms with Crippen LogP contribution in [0.3, 0.4) is 0 Å². The molecule has 1 fully saturated rings. The molecule has 1 aliphatic heterocycles. The highest BCUT2D eigenvalue weighted by Gasteiger charge is 2.25. The summed E-state index contributed by atoms with van der Waals surface area (Å²) in [6.07, 6.45) is 4.25. The zero-order chi connectivity index (χ0) is 18.9. The number of aliphatic imine (C=N–C) groups is 1. The number of nitrogens with zero attached hydrogens (tertiary/aromatic N) is 2. The normalized spacial score (nSPS) is 16.4. The van der Waals surface area contributed by atoms with E-state index in [2.05, 4.69) is 38.7 Å². The number of benzene rings is 1. The minimum atomic E-state index is 0.224. The van der Waals surface area contributed by atoms with Gasteiger partial charge in [-0.15, -0.1) is 0 Å². The van der Waals surface area contributed by atoms with Gasteiger partial charge in [0.15, 0.2) is 5.96 Å². The Balaban J connectivity index is 1.58. The van der Waals surface area contributed by atoms with E-state index in [4.69, 9.17) is 9.15 Å². The lowest BCUT2D eigenvalue weighted by Gasteiger charge is -2.26. The molecule has 6 nitrogen and oxygen atoms in total. The van der Waals surface area contributed by atoms with Crippen LogP contribution in [0.25, 0.3) is 0 Å². The first-order chi connectivity index (χ1) is 13.3. The number of rotatable bonds is 8. The van der Waals surface area contributed by atoms with Crippen molar-refractivity contribution < 1.29 is 9.15 Å². The summed E-state index contributed by atoms with van der Waals surface area (Å²) in [5, 5.41) is 6.87. The summed E-state index contributed by atoms with van der Waals surface area (Å²) >= 11 is 0. The fourth-order valence-electron chi connectivity index (χ4n) is 3.56. The third kappa shape index (κ3) is 5.34. The Hall–Kier alpha value is -2.31. The molecule has 27 heavy (non-hydrogen) atoms. The number of methoxy groups -OCH3 is 1. The fraction of sp³-hybridized carbons (Fsp3) is 0.476. The minimum absolute atomic E-state index is 0.224. The summed E-state index contributed by atoms with van der Waals surface area (Å²) in [4.78, 5) is 6.85. The molecule has 2 aromatic rings. The average molecular weight is 370 g/mol. The first kappa shape index (κ1) is 19.5. The average Bonchev–Trinajstić information content (AvgIpc) is 3.40. The van der Waals surface area contributed by atoms with Crippen LogP contribution < -0.4 is 10.6 Å². The van der Waals surface area contributed by atoms with Gasteiger partial charge >= 0.3 is 0 Å². The van der Waals surface area contributed by atoms with Gasteiger partial charge in [-0.25, -0.2) is 0 Å². The molecule has 1 aromatic carbocycles. The molecule has 0 spiro atoms. The summed E-state index contributed by atoms with van der Waals surface area (Å²) < 4.78 is 11.0. The second-order valence-electron chi connectivity index (χ2n) is 6.78. The second kappa shape index (κ2) is 10.1. The molecular formula is C21H30N4O2. The highest BCUT2D eigenvalue weighted by atomic mass is 16.5. The summed E-state index contributed by atoms with van der Waals surface area (Å²) in [6.45, 7) is 4.30. The van der Waals surface area contributed by atoms with E-state index in [0.29, 0.717) is 13.2 Å². The van der Waals surface area contributed by atoms with Gasteiger partial charge in [-0.2, -0.15) is 0 Å². The molecule has 0 bridgehead atoms. The summed E-state index contributed by atoms with van der Waals surface area (Å²) in [5.74, 6) is 1.79. The molecule has 1 unspecified atom stereocenters. The van der Waals surface area contributed by atoms with Gasteiger partial charge in [-0.1, -0.05) is 24.3 Å². The number of ether oxygens (including phenoxy) is 1. The van der Waals surface area contributed by atoms with Crippen molar-refractivity contribution in [1.82, 2.24) is 15.5 Å². The molecule has 146 valence electrons. The molecule has 2 N–H and O–H groups in total. The molecule has 0 radical (unpaired) electrons. The van der Waals surface area contributed by atoms with Gasteiger partial charge in [0.1, 0.15) is 5.76 Å². The molecule has 3 rings (SSSR count). The molecule has 0 aliphatic carbocycles. The quantitative estimate of drug-likeness (QED) is 0.553. The fourth-order valence-corrected chi connectivity index (χ4v) is 3.56. The van der Waals surface area contributed by atoms with Crippen LogP contribution in [0.5, 0.6) is 0 Å². The number of hydrogen-bond acceptors (Lipinski definition) is 4. The lowest BCUT2D eigenvalue weighted by molar-refractivity contribution is 0.184. The Morgan fingerprint density at radius 1 is 1.15 bits per heavy atom. The number of hydrogen-bond donors (Lipinski definition) is 2. The number of nitrogens with one attached hydrogen (secondary N) is 2. The minimum Gasteiger partial charge on any atom is -0.468 e. The Morgan fingerprint density at radius 2 is 1.93 bits per heavy atom. The van der Waals surface area contributed by atoms with Crippen molar-refractivity contribution in [2.45, 2.75) is 32.0 Å². The van der Waals surface area contributed by atoms with Crippen molar-refractivity contribution >= 4 is 5.96 Å². The lowest BCUT2D eigenvalue weighted by atomic mass is 10.1. The van der Waals surface area contributed by atoms with Crippen molar-refractivity contribution in [2.24, 2.45) is 4.99 Å². The number of guanidine groups is 1. The highest BCUT2D eigenvalue weighted by molar-refractivity contribution is 5.79. The van der Waals surface area contributed by atoms with E-state index in [9.17, 15) is 0 Å². The highest BCUT2D eigenvalue weighted by Crippen LogP contribution is 2.24. The van der Waals surface area contributed by atoms with Gasteiger partial charge in [-0.3, -0.25) is 9.89 Å². The topological polar surface area (TPSA) is 62.0 Å². The van der Waals surface area contributed by atoms with Gasteiger partial charge in [0.25, 0.3) is 0 Å². The van der Waals surface area contributed by atoms with Crippen LogP contribution in [-0.4, -0.2) is 44.7 Å². The van der Waals surface area contributed by atoms with Crippen molar-refractivity contribution in [3.05, 3.63) is 59.5 Å². The zero-order valence-corrected chi connectivity index (χ0v) is 16.3. The van der Waals surface area contributed by atoms with E-state index in [1.165, 1.54) is 24.0 Å². The maximum atomic E-state index is 5.69. The molecule has 2 heterocycles. The van der Waals surface area contributed by atoms with Crippen molar-refractivity contribution in [2.75, 3.05) is 33.8 Å². The summed E-state index contributed by atoms with van der Waals surface area (Å²) in [6, 6.07) is 12.5. The van der Waals surface area contributed by atoms with Gasteiger partial charge in [0, 0.05) is 27.2 Å². The van der Waals surface area contributed by atoms with Crippen molar-refractivity contribution in [3.8, 4) is 0 Å². The monoisotopic (exact) mass is 370 g/mol. The summed E-state index contributed by atoms with van der Waals surface area (Å²) in [5.41, 5.74) is 2.40. The Labute approximate surface area is 161 Å². The van der Waals surface area contributed by atoms with E-state index in [1.807, 2.05) is 18.2 Å². The maximum absolute atomic E-state index is 5.69. The van der Waals surface area contributed by atoms with Crippen LogP contribution in [0, 0.1) is 0 Å². The van der Waals surface area contributed by atoms with Crippen LogP contribution in [0.15, 0.2) is 52.1 Å². The molecule has 1 atom stereocenters. The first-order valence-electron chi connectivity index (χ1n) is 9.59. The van der Waals surface area contributed by atoms with E-state index < -0.39 is 0 Å². The summed E-state index contributed by atoms with van der Waals surface area (Å²) in [7, 11) is 3.52. The van der Waals surface area contributed by atoms with Crippen LogP contribution in [-0.2, 0) is 17.9 Å². The third-order valence-corrected chi connectivity index (χ3v) is 5.00. The predicted octanol–water partition coefficient (Wildman–Crippen LogP) is 2.93. The predicted molar refractivity (Wildman–Crippen MR) is 108 cm³/mol. The van der Waals surface area contributed by atoms with Crippen LogP contribution in [0.4, 0.5) is 0 Å². The standard InChI is InChI=1S/C21H30N4O2/c1-22-21(23-14-17-8-3-4-9-18(17)16-26-2)24-15-19(20-10-7-13-27-20)25-11-5-6-12-25/h3-4,7-10,13,19H,5-6,11-12,14-16H2,1-2H3,(H2,22,23,24). The Kier molecular flexibility index (Phi) is 7.30. The number of likely N-dealkylation sites (tertiary alicyclic amines) is 1. The first-order valence-corrected chi connectivity index (χ1v) is 9.59. The molecular weight excluding hydrogens is 340 g/mol. The van der Waals surface area contributed by atoms with Crippen molar-refractivity contribution in [1.29, 1.82) is 0 Å². The van der Waals surface area contributed by atoms with Crippen molar-refractivity contribution in [3.63, 3.8) is 0 Å². The van der Waals surface area contributed by atoms with Gasteiger partial charge in [0.05, 0.1) is 18.9 Å². The van der Waals surface area contributed by atoms with Crippen LogP contribution in [0.2, 0.25) is 0 Å². The maximum Gasteiger partial charge on any atom is 0.191 e. The molecule has 6 heteroatoms. The molecule has 1 saturated heterocycles. The van der Waals surface area contributed by atoms with E-state index in [-0.39, 0.29) is 6.04 Å². The zero-order valence-electron chi connectivity index (χ0n) is 16.3. The number of furan rings is 1. The molecule has 1 aliphatic rings. The van der Waals surface area contributed by atoms with Crippen LogP contribution in [0.1, 0.15) is 35.8 Å². The Bertz CT molecular complexity index is 709. The molecule has 1 aromatic heterocycles. The SMILES string of the molecule is CN=C(NCc1ccccc1COC)NCC(c1ccco1)N1CCCC1. The smallest absolute Gasteiger partial charge is 0.191 e.